The lowest BCUT2D eigenvalue weighted by molar-refractivity contribution is -0.142. The minimum atomic E-state index is -0.139. The van der Waals surface area contributed by atoms with Gasteiger partial charge in [-0.1, -0.05) is 38.2 Å². The Bertz CT molecular complexity index is 192. The van der Waals surface area contributed by atoms with E-state index in [0.717, 1.165) is 19.3 Å². The summed E-state index contributed by atoms with van der Waals surface area (Å²) in [4.78, 5) is 11.1. The fraction of sp³-hybridized carbons (Fsp3) is 0.583. The Kier molecular flexibility index (Phi) is 9.28. The third kappa shape index (κ3) is 9.04. The van der Waals surface area contributed by atoms with Crippen LogP contribution in [0.15, 0.2) is 24.3 Å². The second kappa shape index (κ2) is 10.0. The number of esters is 1. The largest absolute Gasteiger partial charge is 0.465 e. The molecular weight excluding hydrogens is 176 g/mol. The highest BCUT2D eigenvalue weighted by Gasteiger charge is 1.96. The first kappa shape index (κ1) is 12.9. The van der Waals surface area contributed by atoms with E-state index >= 15 is 0 Å². The van der Waals surface area contributed by atoms with Crippen LogP contribution in [0.3, 0.4) is 0 Å². The molecule has 0 amide bonds. The summed E-state index contributed by atoms with van der Waals surface area (Å²) in [6.07, 6.45) is 11.1. The second-order valence-electron chi connectivity index (χ2n) is 2.97. The zero-order valence-electron chi connectivity index (χ0n) is 9.16. The lowest BCUT2D eigenvalue weighted by atomic mass is 10.3. The van der Waals surface area contributed by atoms with Crippen molar-refractivity contribution in [2.45, 2.75) is 39.5 Å². The molecule has 0 fully saturated rings. The van der Waals surface area contributed by atoms with E-state index in [1.807, 2.05) is 25.2 Å². The highest BCUT2D eigenvalue weighted by Crippen LogP contribution is 1.93. The quantitative estimate of drug-likeness (QED) is 0.355. The highest BCUT2D eigenvalue weighted by molar-refractivity contribution is 5.71. The Morgan fingerprint density at radius 1 is 1.07 bits per heavy atom. The summed E-state index contributed by atoms with van der Waals surface area (Å²) in [7, 11) is 0. The van der Waals surface area contributed by atoms with Crippen LogP contribution in [0.5, 0.6) is 0 Å². The SMILES string of the molecule is CC/C=C\CCOC(=O)C/C=C/CC. The first-order valence-electron chi connectivity index (χ1n) is 5.26. The average Bonchev–Trinajstić information content (AvgIpc) is 2.18. The predicted octanol–water partition coefficient (Wildman–Crippen LogP) is 3.24. The van der Waals surface area contributed by atoms with Crippen molar-refractivity contribution in [3.63, 3.8) is 0 Å². The zero-order valence-corrected chi connectivity index (χ0v) is 9.16. The number of rotatable bonds is 7. The van der Waals surface area contributed by atoms with E-state index in [9.17, 15) is 4.79 Å². The molecule has 0 atom stereocenters. The van der Waals surface area contributed by atoms with Crippen molar-refractivity contribution in [2.75, 3.05) is 6.61 Å². The van der Waals surface area contributed by atoms with Gasteiger partial charge in [-0.05, 0) is 19.3 Å². The molecule has 0 aromatic carbocycles. The topological polar surface area (TPSA) is 26.3 Å². The second-order valence-corrected chi connectivity index (χ2v) is 2.97. The van der Waals surface area contributed by atoms with Gasteiger partial charge in [0, 0.05) is 0 Å². The van der Waals surface area contributed by atoms with Gasteiger partial charge >= 0.3 is 5.97 Å². The van der Waals surface area contributed by atoms with Gasteiger partial charge in [-0.3, -0.25) is 4.79 Å². The molecule has 0 spiro atoms. The average molecular weight is 196 g/mol. The van der Waals surface area contributed by atoms with Crippen LogP contribution in [0.2, 0.25) is 0 Å². The summed E-state index contributed by atoms with van der Waals surface area (Å²) < 4.78 is 4.99. The smallest absolute Gasteiger partial charge is 0.309 e. The van der Waals surface area contributed by atoms with E-state index in [0.29, 0.717) is 13.0 Å². The summed E-state index contributed by atoms with van der Waals surface area (Å²) in [6, 6.07) is 0. The molecule has 0 bridgehead atoms. The maximum absolute atomic E-state index is 11.1. The van der Waals surface area contributed by atoms with Crippen molar-refractivity contribution < 1.29 is 9.53 Å². The molecule has 0 rings (SSSR count). The van der Waals surface area contributed by atoms with Gasteiger partial charge in [-0.25, -0.2) is 0 Å². The monoisotopic (exact) mass is 196 g/mol. The summed E-state index contributed by atoms with van der Waals surface area (Å²) in [5, 5.41) is 0. The maximum atomic E-state index is 11.1. The molecule has 0 heterocycles. The molecule has 0 unspecified atom stereocenters. The number of hydrogen-bond acceptors (Lipinski definition) is 2. The van der Waals surface area contributed by atoms with Crippen molar-refractivity contribution in [3.8, 4) is 0 Å². The molecule has 0 saturated heterocycles. The van der Waals surface area contributed by atoms with E-state index in [1.54, 1.807) is 0 Å². The zero-order chi connectivity index (χ0) is 10.6. The highest BCUT2D eigenvalue weighted by atomic mass is 16.5. The van der Waals surface area contributed by atoms with E-state index in [2.05, 4.69) is 13.0 Å². The normalized spacial score (nSPS) is 11.3. The lowest BCUT2D eigenvalue weighted by Gasteiger charge is -1.99. The number of carbonyl (C=O) groups is 1. The molecule has 0 saturated carbocycles. The third-order valence-corrected chi connectivity index (χ3v) is 1.64. The summed E-state index contributed by atoms with van der Waals surface area (Å²) in [5.74, 6) is -0.139. The molecular formula is C12H20O2. The predicted molar refractivity (Wildman–Crippen MR) is 59.1 cm³/mol. The van der Waals surface area contributed by atoms with Crippen LogP contribution in [0.4, 0.5) is 0 Å². The van der Waals surface area contributed by atoms with Crippen LogP contribution in [0, 0.1) is 0 Å². The van der Waals surface area contributed by atoms with Crippen LogP contribution < -0.4 is 0 Å². The Morgan fingerprint density at radius 2 is 1.71 bits per heavy atom. The summed E-state index contributed by atoms with van der Waals surface area (Å²) >= 11 is 0. The Labute approximate surface area is 86.6 Å². The minimum Gasteiger partial charge on any atom is -0.465 e. The van der Waals surface area contributed by atoms with Gasteiger partial charge in [0.05, 0.1) is 13.0 Å². The van der Waals surface area contributed by atoms with Crippen LogP contribution in [0.1, 0.15) is 39.5 Å². The van der Waals surface area contributed by atoms with Crippen molar-refractivity contribution in [3.05, 3.63) is 24.3 Å². The number of allylic oxidation sites excluding steroid dienone is 2. The van der Waals surface area contributed by atoms with Crippen molar-refractivity contribution in [2.24, 2.45) is 0 Å². The molecule has 2 nitrogen and oxygen atoms in total. The molecule has 2 heteroatoms. The Morgan fingerprint density at radius 3 is 2.36 bits per heavy atom. The summed E-state index contributed by atoms with van der Waals surface area (Å²) in [5.41, 5.74) is 0. The molecule has 0 N–H and O–H groups in total. The van der Waals surface area contributed by atoms with Crippen LogP contribution in [0.25, 0.3) is 0 Å². The molecule has 0 radical (unpaired) electrons. The van der Waals surface area contributed by atoms with Gasteiger partial charge in [0.1, 0.15) is 0 Å². The molecule has 0 aromatic rings. The van der Waals surface area contributed by atoms with Gasteiger partial charge in [-0.15, -0.1) is 0 Å². The van der Waals surface area contributed by atoms with Crippen molar-refractivity contribution in [1.29, 1.82) is 0 Å². The van der Waals surface area contributed by atoms with Gasteiger partial charge < -0.3 is 4.74 Å². The Balaban J connectivity index is 3.35. The van der Waals surface area contributed by atoms with Gasteiger partial charge in [0.25, 0.3) is 0 Å². The standard InChI is InChI=1S/C12H20O2/c1-3-5-7-9-11-14-12(13)10-8-6-4-2/h5-8H,3-4,9-11H2,1-2H3/b7-5-,8-6+. The number of hydrogen-bond donors (Lipinski definition) is 0. The Hall–Kier alpha value is -1.05. The molecule has 14 heavy (non-hydrogen) atoms. The van der Waals surface area contributed by atoms with E-state index in [4.69, 9.17) is 4.74 Å². The van der Waals surface area contributed by atoms with Crippen molar-refractivity contribution in [1.82, 2.24) is 0 Å². The molecule has 0 aliphatic rings. The minimum absolute atomic E-state index is 0.139. The van der Waals surface area contributed by atoms with Gasteiger partial charge in [0.15, 0.2) is 0 Å². The van der Waals surface area contributed by atoms with Crippen LogP contribution in [-0.4, -0.2) is 12.6 Å². The first-order valence-corrected chi connectivity index (χ1v) is 5.26. The molecule has 80 valence electrons. The molecule has 0 aromatic heterocycles. The maximum Gasteiger partial charge on any atom is 0.309 e. The lowest BCUT2D eigenvalue weighted by Crippen LogP contribution is -2.03. The van der Waals surface area contributed by atoms with E-state index in [-0.39, 0.29) is 5.97 Å². The first-order chi connectivity index (χ1) is 6.81. The summed E-state index contributed by atoms with van der Waals surface area (Å²) in [6.45, 7) is 4.62. The van der Waals surface area contributed by atoms with Crippen LogP contribution >= 0.6 is 0 Å². The fourth-order valence-corrected chi connectivity index (χ4v) is 0.930. The van der Waals surface area contributed by atoms with Crippen molar-refractivity contribution >= 4 is 5.97 Å². The molecule has 0 aliphatic heterocycles. The molecule has 0 aliphatic carbocycles. The van der Waals surface area contributed by atoms with E-state index in [1.165, 1.54) is 0 Å². The van der Waals surface area contributed by atoms with Gasteiger partial charge in [0.2, 0.25) is 0 Å². The van der Waals surface area contributed by atoms with Crippen LogP contribution in [-0.2, 0) is 9.53 Å². The van der Waals surface area contributed by atoms with Gasteiger partial charge in [-0.2, -0.15) is 0 Å². The third-order valence-electron chi connectivity index (χ3n) is 1.64. The number of carbonyl (C=O) groups excluding carboxylic acids is 1. The fourth-order valence-electron chi connectivity index (χ4n) is 0.930. The van der Waals surface area contributed by atoms with E-state index < -0.39 is 0 Å². The number of ether oxygens (including phenoxy) is 1.